The smallest absolute Gasteiger partial charge is 0.171 e. The number of aliphatic hydroxyl groups is 3. The van der Waals surface area contributed by atoms with Crippen molar-refractivity contribution in [3.63, 3.8) is 0 Å². The normalized spacial score (nSPS) is 61.7. The third-order valence-electron chi connectivity index (χ3n) is 12.1. The van der Waals surface area contributed by atoms with Crippen molar-refractivity contribution in [1.29, 1.82) is 0 Å². The SMILES string of the molecule is C[C@H]1[C@H]2[C@H](C[C@@H]3[C@H]4CC[C@@H]5C[C@H](O)[C@@H](O)C[C@]5(C)[C@@H]4CC[C@]23C)O[C@]12CC[C@@H](CO)CO2. The Morgan fingerprint density at radius 1 is 0.906 bits per heavy atom. The maximum atomic E-state index is 10.6. The summed E-state index contributed by atoms with van der Waals surface area (Å²) in [5.74, 6) is 3.44. The topological polar surface area (TPSA) is 79.2 Å². The number of ether oxygens (including phenoxy) is 2. The molecule has 0 aromatic rings. The first-order valence-electron chi connectivity index (χ1n) is 13.5. The molecule has 5 nitrogen and oxygen atoms in total. The van der Waals surface area contributed by atoms with E-state index in [1.165, 1.54) is 25.7 Å². The highest BCUT2D eigenvalue weighted by Gasteiger charge is 2.69. The highest BCUT2D eigenvalue weighted by Crippen LogP contribution is 2.71. The summed E-state index contributed by atoms with van der Waals surface area (Å²) in [4.78, 5) is 0. The van der Waals surface area contributed by atoms with Crippen LogP contribution in [0.2, 0.25) is 0 Å². The predicted molar refractivity (Wildman–Crippen MR) is 121 cm³/mol. The molecule has 5 heteroatoms. The van der Waals surface area contributed by atoms with Gasteiger partial charge in [-0.15, -0.1) is 0 Å². The first-order valence-corrected chi connectivity index (χ1v) is 13.5. The van der Waals surface area contributed by atoms with Gasteiger partial charge in [0.2, 0.25) is 0 Å². The molecule has 2 heterocycles. The zero-order valence-corrected chi connectivity index (χ0v) is 20.2. The Kier molecular flexibility index (Phi) is 5.15. The van der Waals surface area contributed by atoms with Gasteiger partial charge in [-0.1, -0.05) is 20.8 Å². The number of aliphatic hydroxyl groups excluding tert-OH is 3. The van der Waals surface area contributed by atoms with Gasteiger partial charge in [0.05, 0.1) is 24.9 Å². The number of hydrogen-bond acceptors (Lipinski definition) is 5. The lowest BCUT2D eigenvalue weighted by molar-refractivity contribution is -0.276. The average molecular weight is 449 g/mol. The van der Waals surface area contributed by atoms with E-state index in [2.05, 4.69) is 20.8 Å². The minimum Gasteiger partial charge on any atom is -0.396 e. The van der Waals surface area contributed by atoms with Crippen molar-refractivity contribution in [2.24, 2.45) is 52.3 Å². The number of hydrogen-bond donors (Lipinski definition) is 3. The number of fused-ring (bicyclic) bond motifs is 7. The van der Waals surface area contributed by atoms with Crippen molar-refractivity contribution in [1.82, 2.24) is 0 Å². The molecule has 0 radical (unpaired) electrons. The summed E-state index contributed by atoms with van der Waals surface area (Å²) in [5, 5.41) is 30.4. The van der Waals surface area contributed by atoms with Crippen molar-refractivity contribution in [3.05, 3.63) is 0 Å². The third-order valence-corrected chi connectivity index (χ3v) is 12.1. The van der Waals surface area contributed by atoms with Gasteiger partial charge < -0.3 is 24.8 Å². The van der Waals surface area contributed by atoms with Gasteiger partial charge in [0.15, 0.2) is 5.79 Å². The first kappa shape index (κ1) is 22.3. The molecule has 1 spiro atoms. The van der Waals surface area contributed by atoms with Gasteiger partial charge in [-0.2, -0.15) is 0 Å². The van der Waals surface area contributed by atoms with Crippen LogP contribution in [-0.4, -0.2) is 52.6 Å². The van der Waals surface area contributed by atoms with E-state index in [4.69, 9.17) is 9.47 Å². The Labute approximate surface area is 193 Å². The van der Waals surface area contributed by atoms with Crippen LogP contribution in [0.15, 0.2) is 0 Å². The summed E-state index contributed by atoms with van der Waals surface area (Å²) in [6.45, 7) is 8.21. The summed E-state index contributed by atoms with van der Waals surface area (Å²) in [6.07, 6.45) is 8.83. The quantitative estimate of drug-likeness (QED) is 0.570. The Hall–Kier alpha value is -0.200. The van der Waals surface area contributed by atoms with Crippen LogP contribution in [-0.2, 0) is 9.47 Å². The highest BCUT2D eigenvalue weighted by atomic mass is 16.7. The third kappa shape index (κ3) is 2.87. The standard InChI is InChI=1S/C27H44O5/c1-15-24-23(32-27(15)9-6-16(13-28)14-31-27)11-20-18-5-4-17-10-21(29)22(30)12-26(17,3)19(18)7-8-25(20,24)2/h15-24,28-30H,4-14H2,1-3H3/t15-,16-,17+,18-,19+,20+,21-,22-,23-,24-,25-,26-,27+/m0/s1. The second-order valence-corrected chi connectivity index (χ2v) is 13.2. The second-order valence-electron chi connectivity index (χ2n) is 13.2. The molecule has 3 N–H and O–H groups in total. The first-order chi connectivity index (χ1) is 15.2. The summed E-state index contributed by atoms with van der Waals surface area (Å²) >= 11 is 0. The molecule has 182 valence electrons. The fourth-order valence-corrected chi connectivity index (χ4v) is 10.4. The average Bonchev–Trinajstić information content (AvgIpc) is 3.20. The van der Waals surface area contributed by atoms with Crippen molar-refractivity contribution in [2.45, 2.75) is 103 Å². The van der Waals surface area contributed by atoms with Crippen LogP contribution in [0.4, 0.5) is 0 Å². The molecule has 2 aliphatic heterocycles. The van der Waals surface area contributed by atoms with Gasteiger partial charge in [0.25, 0.3) is 0 Å². The van der Waals surface area contributed by atoms with Crippen LogP contribution >= 0.6 is 0 Å². The minimum absolute atomic E-state index is 0.167. The van der Waals surface area contributed by atoms with E-state index in [9.17, 15) is 15.3 Å². The fourth-order valence-electron chi connectivity index (χ4n) is 10.4. The molecular weight excluding hydrogens is 404 g/mol. The zero-order valence-electron chi connectivity index (χ0n) is 20.2. The Bertz CT molecular complexity index is 734. The molecule has 0 amide bonds. The van der Waals surface area contributed by atoms with Gasteiger partial charge in [0.1, 0.15) is 0 Å². The predicted octanol–water partition coefficient (Wildman–Crippen LogP) is 3.74. The van der Waals surface area contributed by atoms with E-state index >= 15 is 0 Å². The second kappa shape index (κ2) is 7.40. The van der Waals surface area contributed by atoms with Crippen molar-refractivity contribution in [3.8, 4) is 0 Å². The van der Waals surface area contributed by atoms with Crippen LogP contribution in [0, 0.1) is 52.3 Å². The Balaban J connectivity index is 1.24. The lowest BCUT2D eigenvalue weighted by atomic mass is 9.44. The Morgan fingerprint density at radius 3 is 2.44 bits per heavy atom. The van der Waals surface area contributed by atoms with Crippen molar-refractivity contribution < 1.29 is 24.8 Å². The van der Waals surface area contributed by atoms with Crippen LogP contribution in [0.5, 0.6) is 0 Å². The molecule has 6 rings (SSSR count). The molecule has 2 saturated heterocycles. The molecule has 4 aliphatic carbocycles. The van der Waals surface area contributed by atoms with Gasteiger partial charge in [0, 0.05) is 24.9 Å². The molecule has 4 saturated carbocycles. The lowest BCUT2D eigenvalue weighted by Gasteiger charge is -2.61. The lowest BCUT2D eigenvalue weighted by Crippen LogP contribution is -2.57. The summed E-state index contributed by atoms with van der Waals surface area (Å²) in [6, 6.07) is 0. The fraction of sp³-hybridized carbons (Fsp3) is 1.00. The van der Waals surface area contributed by atoms with E-state index in [1.54, 1.807) is 0 Å². The molecule has 6 aliphatic rings. The van der Waals surface area contributed by atoms with Crippen molar-refractivity contribution in [2.75, 3.05) is 13.2 Å². The molecule has 0 aromatic carbocycles. The van der Waals surface area contributed by atoms with Gasteiger partial charge >= 0.3 is 0 Å². The van der Waals surface area contributed by atoms with E-state index in [1.807, 2.05) is 0 Å². The zero-order chi connectivity index (χ0) is 22.5. The summed E-state index contributed by atoms with van der Waals surface area (Å²) in [5.41, 5.74) is 0.474. The molecule has 13 atom stereocenters. The van der Waals surface area contributed by atoms with Gasteiger partial charge in [-0.05, 0) is 91.8 Å². The van der Waals surface area contributed by atoms with Crippen LogP contribution in [0.1, 0.15) is 78.6 Å². The molecule has 6 fully saturated rings. The van der Waals surface area contributed by atoms with Crippen LogP contribution in [0.25, 0.3) is 0 Å². The van der Waals surface area contributed by atoms with E-state index in [-0.39, 0.29) is 17.9 Å². The maximum Gasteiger partial charge on any atom is 0.171 e. The largest absolute Gasteiger partial charge is 0.396 e. The molecular formula is C27H44O5. The highest BCUT2D eigenvalue weighted by molar-refractivity contribution is 5.15. The molecule has 0 aromatic heterocycles. The Morgan fingerprint density at radius 2 is 1.72 bits per heavy atom. The molecule has 0 bridgehead atoms. The van der Waals surface area contributed by atoms with E-state index in [0.717, 1.165) is 38.0 Å². The van der Waals surface area contributed by atoms with Crippen LogP contribution < -0.4 is 0 Å². The maximum absolute atomic E-state index is 10.6. The monoisotopic (exact) mass is 448 g/mol. The van der Waals surface area contributed by atoms with Gasteiger partial charge in [-0.3, -0.25) is 0 Å². The summed E-state index contributed by atoms with van der Waals surface area (Å²) in [7, 11) is 0. The van der Waals surface area contributed by atoms with Gasteiger partial charge in [-0.25, -0.2) is 0 Å². The van der Waals surface area contributed by atoms with Crippen LogP contribution in [0.3, 0.4) is 0 Å². The van der Waals surface area contributed by atoms with E-state index < -0.39 is 18.0 Å². The molecule has 0 unspecified atom stereocenters. The minimum atomic E-state index is -0.555. The van der Waals surface area contributed by atoms with Crippen molar-refractivity contribution >= 4 is 0 Å². The molecule has 32 heavy (non-hydrogen) atoms. The van der Waals surface area contributed by atoms with E-state index in [0.29, 0.717) is 47.7 Å². The summed E-state index contributed by atoms with van der Waals surface area (Å²) < 4.78 is 13.2. The number of rotatable bonds is 1.